The minimum atomic E-state index is 0.436. The van der Waals surface area contributed by atoms with Crippen molar-refractivity contribution in [3.8, 4) is 0 Å². The quantitative estimate of drug-likeness (QED) is 0.688. The summed E-state index contributed by atoms with van der Waals surface area (Å²) in [6.45, 7) is 4.50. The number of rotatable bonds is 4. The highest BCUT2D eigenvalue weighted by Gasteiger charge is 2.20. The van der Waals surface area contributed by atoms with E-state index in [9.17, 15) is 0 Å². The molecule has 1 heteroatoms. The lowest BCUT2D eigenvalue weighted by molar-refractivity contribution is 0.341. The Hall–Kier alpha value is -0.0400. The molecule has 1 rings (SSSR count). The van der Waals surface area contributed by atoms with Gasteiger partial charge in [-0.3, -0.25) is 0 Å². The molecule has 1 aliphatic rings. The second kappa shape index (κ2) is 4.86. The Bertz CT molecular complexity index is 116. The summed E-state index contributed by atoms with van der Waals surface area (Å²) in [6.07, 6.45) is 8.34. The summed E-state index contributed by atoms with van der Waals surface area (Å²) in [5, 5.41) is 0. The second-order valence-electron chi connectivity index (χ2n) is 4.44. The van der Waals surface area contributed by atoms with Crippen LogP contribution in [0.5, 0.6) is 0 Å². The molecular formula is C11H23N. The molecule has 72 valence electrons. The summed E-state index contributed by atoms with van der Waals surface area (Å²) >= 11 is 0. The van der Waals surface area contributed by atoms with E-state index >= 15 is 0 Å². The van der Waals surface area contributed by atoms with Gasteiger partial charge in [-0.05, 0) is 24.7 Å². The third kappa shape index (κ3) is 2.78. The molecule has 0 aromatic rings. The lowest BCUT2D eigenvalue weighted by Crippen LogP contribution is -2.28. The Balaban J connectivity index is 2.19. The SMILES string of the molecule is CCC(N)C(C)CC1CCCC1. The first-order chi connectivity index (χ1) is 5.74. The van der Waals surface area contributed by atoms with Crippen LogP contribution in [0.1, 0.15) is 52.4 Å². The van der Waals surface area contributed by atoms with Crippen LogP contribution in [-0.4, -0.2) is 6.04 Å². The molecule has 12 heavy (non-hydrogen) atoms. The first-order valence-corrected chi connectivity index (χ1v) is 5.49. The van der Waals surface area contributed by atoms with E-state index in [1.807, 2.05) is 0 Å². The molecule has 0 bridgehead atoms. The lowest BCUT2D eigenvalue weighted by Gasteiger charge is -2.21. The first kappa shape index (κ1) is 10.0. The van der Waals surface area contributed by atoms with Crippen molar-refractivity contribution in [2.24, 2.45) is 17.6 Å². The summed E-state index contributed by atoms with van der Waals surface area (Å²) in [4.78, 5) is 0. The minimum Gasteiger partial charge on any atom is -0.327 e. The van der Waals surface area contributed by atoms with Gasteiger partial charge < -0.3 is 5.73 Å². The molecule has 0 amide bonds. The second-order valence-corrected chi connectivity index (χ2v) is 4.44. The van der Waals surface area contributed by atoms with E-state index in [-0.39, 0.29) is 0 Å². The number of hydrogen-bond donors (Lipinski definition) is 1. The van der Waals surface area contributed by atoms with Gasteiger partial charge in [0.15, 0.2) is 0 Å². The van der Waals surface area contributed by atoms with Crippen molar-refractivity contribution in [1.29, 1.82) is 0 Å². The number of hydrogen-bond acceptors (Lipinski definition) is 1. The molecule has 0 heterocycles. The Labute approximate surface area is 76.7 Å². The summed E-state index contributed by atoms with van der Waals surface area (Å²) in [5.74, 6) is 1.73. The van der Waals surface area contributed by atoms with Gasteiger partial charge in [0.25, 0.3) is 0 Å². The third-order valence-corrected chi connectivity index (χ3v) is 3.38. The molecule has 1 nitrogen and oxygen atoms in total. The van der Waals surface area contributed by atoms with Gasteiger partial charge in [-0.15, -0.1) is 0 Å². The van der Waals surface area contributed by atoms with E-state index < -0.39 is 0 Å². The molecule has 2 atom stereocenters. The van der Waals surface area contributed by atoms with Crippen molar-refractivity contribution in [2.75, 3.05) is 0 Å². The predicted molar refractivity (Wildman–Crippen MR) is 54.0 cm³/mol. The Morgan fingerprint density at radius 2 is 1.92 bits per heavy atom. The number of nitrogens with two attached hydrogens (primary N) is 1. The van der Waals surface area contributed by atoms with Crippen LogP contribution in [0.2, 0.25) is 0 Å². The molecule has 1 aliphatic carbocycles. The highest BCUT2D eigenvalue weighted by atomic mass is 14.6. The van der Waals surface area contributed by atoms with Gasteiger partial charge in [0.2, 0.25) is 0 Å². The van der Waals surface area contributed by atoms with Crippen LogP contribution in [0, 0.1) is 11.8 Å². The summed E-state index contributed by atoms with van der Waals surface area (Å²) in [7, 11) is 0. The van der Waals surface area contributed by atoms with Crippen molar-refractivity contribution >= 4 is 0 Å². The molecule has 2 unspecified atom stereocenters. The van der Waals surface area contributed by atoms with Crippen molar-refractivity contribution < 1.29 is 0 Å². The van der Waals surface area contributed by atoms with Gasteiger partial charge in [0.05, 0.1) is 0 Å². The van der Waals surface area contributed by atoms with Crippen molar-refractivity contribution in [3.63, 3.8) is 0 Å². The van der Waals surface area contributed by atoms with Crippen LogP contribution in [0.3, 0.4) is 0 Å². The van der Waals surface area contributed by atoms with Crippen LogP contribution in [0.25, 0.3) is 0 Å². The van der Waals surface area contributed by atoms with Gasteiger partial charge in [-0.1, -0.05) is 39.5 Å². The van der Waals surface area contributed by atoms with Crippen LogP contribution < -0.4 is 5.73 Å². The molecular weight excluding hydrogens is 146 g/mol. The van der Waals surface area contributed by atoms with Crippen LogP contribution in [-0.2, 0) is 0 Å². The molecule has 1 saturated carbocycles. The molecule has 1 fully saturated rings. The maximum absolute atomic E-state index is 5.99. The normalized spacial score (nSPS) is 24.2. The smallest absolute Gasteiger partial charge is 0.00620 e. The molecule has 0 saturated heterocycles. The minimum absolute atomic E-state index is 0.436. The fraction of sp³-hybridized carbons (Fsp3) is 1.00. The van der Waals surface area contributed by atoms with Gasteiger partial charge in [-0.2, -0.15) is 0 Å². The van der Waals surface area contributed by atoms with Crippen LogP contribution in [0.15, 0.2) is 0 Å². The van der Waals surface area contributed by atoms with Crippen LogP contribution >= 0.6 is 0 Å². The Morgan fingerprint density at radius 3 is 2.42 bits per heavy atom. The molecule has 0 aromatic carbocycles. The predicted octanol–water partition coefficient (Wildman–Crippen LogP) is 2.94. The van der Waals surface area contributed by atoms with Gasteiger partial charge in [0.1, 0.15) is 0 Å². The highest BCUT2D eigenvalue weighted by molar-refractivity contribution is 4.74. The summed E-state index contributed by atoms with van der Waals surface area (Å²) in [5.41, 5.74) is 5.99. The Morgan fingerprint density at radius 1 is 1.33 bits per heavy atom. The van der Waals surface area contributed by atoms with Gasteiger partial charge in [-0.25, -0.2) is 0 Å². The van der Waals surface area contributed by atoms with Gasteiger partial charge >= 0.3 is 0 Å². The fourth-order valence-electron chi connectivity index (χ4n) is 2.35. The fourth-order valence-corrected chi connectivity index (χ4v) is 2.35. The van der Waals surface area contributed by atoms with Gasteiger partial charge in [0, 0.05) is 6.04 Å². The van der Waals surface area contributed by atoms with E-state index in [1.165, 1.54) is 32.1 Å². The molecule has 0 spiro atoms. The van der Waals surface area contributed by atoms with E-state index in [4.69, 9.17) is 5.73 Å². The Kier molecular flexibility index (Phi) is 4.07. The zero-order valence-electron chi connectivity index (χ0n) is 8.55. The summed E-state index contributed by atoms with van der Waals surface area (Å²) < 4.78 is 0. The van der Waals surface area contributed by atoms with E-state index in [2.05, 4.69) is 13.8 Å². The average Bonchev–Trinajstić information content (AvgIpc) is 2.55. The largest absolute Gasteiger partial charge is 0.327 e. The molecule has 0 radical (unpaired) electrons. The van der Waals surface area contributed by atoms with Crippen molar-refractivity contribution in [3.05, 3.63) is 0 Å². The molecule has 0 aromatic heterocycles. The van der Waals surface area contributed by atoms with Crippen molar-refractivity contribution in [2.45, 2.75) is 58.4 Å². The van der Waals surface area contributed by atoms with Crippen LogP contribution in [0.4, 0.5) is 0 Å². The molecule has 2 N–H and O–H groups in total. The topological polar surface area (TPSA) is 26.0 Å². The first-order valence-electron chi connectivity index (χ1n) is 5.49. The molecule has 0 aliphatic heterocycles. The lowest BCUT2D eigenvalue weighted by atomic mass is 9.89. The average molecular weight is 169 g/mol. The van der Waals surface area contributed by atoms with E-state index in [1.54, 1.807) is 0 Å². The zero-order chi connectivity index (χ0) is 8.97. The maximum atomic E-state index is 5.99. The zero-order valence-corrected chi connectivity index (χ0v) is 8.55. The maximum Gasteiger partial charge on any atom is 0.00620 e. The third-order valence-electron chi connectivity index (χ3n) is 3.38. The van der Waals surface area contributed by atoms with E-state index in [0.717, 1.165) is 18.3 Å². The highest BCUT2D eigenvalue weighted by Crippen LogP contribution is 2.31. The summed E-state index contributed by atoms with van der Waals surface area (Å²) in [6, 6.07) is 0.436. The van der Waals surface area contributed by atoms with Crippen molar-refractivity contribution in [1.82, 2.24) is 0 Å². The van der Waals surface area contributed by atoms with E-state index in [0.29, 0.717) is 6.04 Å². The standard InChI is InChI=1S/C11H23N/c1-3-11(12)9(2)8-10-6-4-5-7-10/h9-11H,3-8,12H2,1-2H3. The monoisotopic (exact) mass is 169 g/mol.